The molecular formula is C19H15F2N3O3. The molecule has 1 N–H and O–H groups in total. The molecule has 0 saturated heterocycles. The van der Waals surface area contributed by atoms with Crippen molar-refractivity contribution in [2.45, 2.75) is 6.54 Å². The molecule has 1 amide bonds. The first-order valence-electron chi connectivity index (χ1n) is 7.95. The third kappa shape index (κ3) is 4.17. The number of rotatable bonds is 5. The molecular weight excluding hydrogens is 356 g/mol. The van der Waals surface area contributed by atoms with Gasteiger partial charge in [0.25, 0.3) is 11.5 Å². The Morgan fingerprint density at radius 2 is 1.67 bits per heavy atom. The molecule has 0 aliphatic carbocycles. The highest BCUT2D eigenvalue weighted by atomic mass is 19.1. The summed E-state index contributed by atoms with van der Waals surface area (Å²) in [7, 11) is 1.31. The van der Waals surface area contributed by atoms with Crippen LogP contribution in [0.3, 0.4) is 0 Å². The molecule has 0 aliphatic heterocycles. The van der Waals surface area contributed by atoms with E-state index in [-0.39, 0.29) is 23.8 Å². The fourth-order valence-electron chi connectivity index (χ4n) is 2.39. The van der Waals surface area contributed by atoms with Crippen molar-refractivity contribution in [3.8, 4) is 11.4 Å². The summed E-state index contributed by atoms with van der Waals surface area (Å²) in [6, 6.07) is 11.9. The van der Waals surface area contributed by atoms with Gasteiger partial charge in [-0.15, -0.1) is 0 Å². The molecule has 0 unspecified atom stereocenters. The summed E-state index contributed by atoms with van der Waals surface area (Å²) in [5.41, 5.74) is 0.351. The standard InChI is InChI=1S/C19H15F2N3O3/c1-27-16-10-17(25)24(15-8-6-14(21)7-9-15)23-18(16)19(26)22-11-12-2-4-13(20)5-3-12/h2-10H,11H2,1H3,(H,22,26). The lowest BCUT2D eigenvalue weighted by molar-refractivity contribution is 0.0940. The monoisotopic (exact) mass is 371 g/mol. The van der Waals surface area contributed by atoms with Crippen LogP contribution in [0.5, 0.6) is 5.75 Å². The van der Waals surface area contributed by atoms with Gasteiger partial charge in [-0.2, -0.15) is 9.78 Å². The van der Waals surface area contributed by atoms with E-state index in [0.717, 1.165) is 10.7 Å². The highest BCUT2D eigenvalue weighted by Crippen LogP contribution is 2.15. The molecule has 2 aromatic carbocycles. The average molecular weight is 371 g/mol. The predicted molar refractivity (Wildman–Crippen MR) is 93.9 cm³/mol. The predicted octanol–water partition coefficient (Wildman–Crippen LogP) is 2.45. The highest BCUT2D eigenvalue weighted by Gasteiger charge is 2.18. The number of nitrogens with one attached hydrogen (secondary N) is 1. The Labute approximate surface area is 153 Å². The zero-order valence-electron chi connectivity index (χ0n) is 14.3. The maximum Gasteiger partial charge on any atom is 0.275 e. The number of carbonyl (C=O) groups excluding carboxylic acids is 1. The molecule has 27 heavy (non-hydrogen) atoms. The molecule has 0 aliphatic rings. The van der Waals surface area contributed by atoms with E-state index in [1.54, 1.807) is 12.1 Å². The molecule has 0 bridgehead atoms. The fraction of sp³-hybridized carbons (Fsp3) is 0.105. The number of aromatic nitrogens is 2. The molecule has 0 atom stereocenters. The van der Waals surface area contributed by atoms with Crippen LogP contribution in [0.1, 0.15) is 16.1 Å². The van der Waals surface area contributed by atoms with Gasteiger partial charge in [-0.1, -0.05) is 12.1 Å². The van der Waals surface area contributed by atoms with Crippen molar-refractivity contribution < 1.29 is 18.3 Å². The average Bonchev–Trinajstić information content (AvgIpc) is 2.68. The number of ether oxygens (including phenoxy) is 1. The van der Waals surface area contributed by atoms with E-state index in [4.69, 9.17) is 4.74 Å². The largest absolute Gasteiger partial charge is 0.494 e. The first kappa shape index (κ1) is 18.2. The van der Waals surface area contributed by atoms with Crippen LogP contribution in [-0.4, -0.2) is 22.8 Å². The van der Waals surface area contributed by atoms with Gasteiger partial charge in [-0.25, -0.2) is 8.78 Å². The second-order valence-corrected chi connectivity index (χ2v) is 5.60. The molecule has 3 rings (SSSR count). The topological polar surface area (TPSA) is 73.2 Å². The van der Waals surface area contributed by atoms with Crippen molar-refractivity contribution in [2.24, 2.45) is 0 Å². The zero-order valence-corrected chi connectivity index (χ0v) is 14.3. The van der Waals surface area contributed by atoms with Crippen LogP contribution in [-0.2, 0) is 6.54 Å². The quantitative estimate of drug-likeness (QED) is 0.748. The lowest BCUT2D eigenvalue weighted by atomic mass is 10.2. The second-order valence-electron chi connectivity index (χ2n) is 5.60. The Kier molecular flexibility index (Phi) is 5.25. The normalized spacial score (nSPS) is 10.5. The van der Waals surface area contributed by atoms with Gasteiger partial charge in [-0.3, -0.25) is 9.59 Å². The van der Waals surface area contributed by atoms with Gasteiger partial charge in [0.2, 0.25) is 0 Å². The molecule has 1 heterocycles. The Balaban J connectivity index is 1.89. The number of nitrogens with zero attached hydrogens (tertiary/aromatic N) is 2. The Hall–Kier alpha value is -3.55. The summed E-state index contributed by atoms with van der Waals surface area (Å²) >= 11 is 0. The van der Waals surface area contributed by atoms with Gasteiger partial charge < -0.3 is 10.1 Å². The molecule has 138 valence electrons. The van der Waals surface area contributed by atoms with Gasteiger partial charge in [0.05, 0.1) is 18.9 Å². The summed E-state index contributed by atoms with van der Waals surface area (Å²) in [5.74, 6) is -1.40. The molecule has 0 fully saturated rings. The van der Waals surface area contributed by atoms with Crippen LogP contribution in [0.4, 0.5) is 8.78 Å². The molecule has 1 aromatic heterocycles. The molecule has 0 saturated carbocycles. The highest BCUT2D eigenvalue weighted by molar-refractivity contribution is 5.94. The number of methoxy groups -OCH3 is 1. The number of halogens is 2. The molecule has 0 spiro atoms. The molecule has 8 heteroatoms. The number of carbonyl (C=O) groups is 1. The molecule has 6 nitrogen and oxygen atoms in total. The van der Waals surface area contributed by atoms with E-state index >= 15 is 0 Å². The zero-order chi connectivity index (χ0) is 19.4. The van der Waals surface area contributed by atoms with Crippen LogP contribution in [0, 0.1) is 11.6 Å². The maximum absolute atomic E-state index is 13.1. The lowest BCUT2D eigenvalue weighted by Crippen LogP contribution is -2.29. The lowest BCUT2D eigenvalue weighted by Gasteiger charge is -2.11. The van der Waals surface area contributed by atoms with E-state index in [9.17, 15) is 18.4 Å². The van der Waals surface area contributed by atoms with Gasteiger partial charge in [0.15, 0.2) is 11.4 Å². The maximum atomic E-state index is 13.1. The smallest absolute Gasteiger partial charge is 0.275 e. The SMILES string of the molecule is COc1cc(=O)n(-c2ccc(F)cc2)nc1C(=O)NCc1ccc(F)cc1. The van der Waals surface area contributed by atoms with E-state index in [1.807, 2.05) is 0 Å². The second kappa shape index (κ2) is 7.77. The van der Waals surface area contributed by atoms with Crippen LogP contribution in [0.2, 0.25) is 0 Å². The van der Waals surface area contributed by atoms with Crippen molar-refractivity contribution in [2.75, 3.05) is 7.11 Å². The van der Waals surface area contributed by atoms with Gasteiger partial charge in [0, 0.05) is 6.54 Å². The van der Waals surface area contributed by atoms with E-state index < -0.39 is 17.3 Å². The van der Waals surface area contributed by atoms with E-state index in [1.165, 1.54) is 43.5 Å². The van der Waals surface area contributed by atoms with Crippen molar-refractivity contribution in [1.82, 2.24) is 15.1 Å². The van der Waals surface area contributed by atoms with Crippen molar-refractivity contribution >= 4 is 5.91 Å². The Morgan fingerprint density at radius 3 is 2.26 bits per heavy atom. The van der Waals surface area contributed by atoms with Gasteiger partial charge in [0.1, 0.15) is 11.6 Å². The first-order chi connectivity index (χ1) is 13.0. The Morgan fingerprint density at radius 1 is 1.07 bits per heavy atom. The minimum Gasteiger partial charge on any atom is -0.494 e. The number of hydrogen-bond acceptors (Lipinski definition) is 4. The molecule has 0 radical (unpaired) electrons. The van der Waals surface area contributed by atoms with Crippen LogP contribution in [0.15, 0.2) is 59.4 Å². The number of hydrogen-bond donors (Lipinski definition) is 1. The minimum atomic E-state index is -0.577. The summed E-state index contributed by atoms with van der Waals surface area (Å²) in [4.78, 5) is 24.7. The van der Waals surface area contributed by atoms with Crippen LogP contribution < -0.4 is 15.6 Å². The van der Waals surface area contributed by atoms with Gasteiger partial charge >= 0.3 is 0 Å². The summed E-state index contributed by atoms with van der Waals surface area (Å²) in [6.45, 7) is 0.139. The van der Waals surface area contributed by atoms with Crippen molar-refractivity contribution in [1.29, 1.82) is 0 Å². The van der Waals surface area contributed by atoms with Crippen LogP contribution >= 0.6 is 0 Å². The Bertz CT molecular complexity index is 1020. The van der Waals surface area contributed by atoms with Gasteiger partial charge in [-0.05, 0) is 42.0 Å². The van der Waals surface area contributed by atoms with E-state index in [0.29, 0.717) is 11.3 Å². The van der Waals surface area contributed by atoms with Crippen LogP contribution in [0.25, 0.3) is 5.69 Å². The van der Waals surface area contributed by atoms with Crippen molar-refractivity contribution in [3.63, 3.8) is 0 Å². The third-order valence-electron chi connectivity index (χ3n) is 3.77. The number of benzene rings is 2. The summed E-state index contributed by atoms with van der Waals surface area (Å²) in [6.07, 6.45) is 0. The first-order valence-corrected chi connectivity index (χ1v) is 7.95. The van der Waals surface area contributed by atoms with E-state index in [2.05, 4.69) is 10.4 Å². The van der Waals surface area contributed by atoms with Crippen molar-refractivity contribution in [3.05, 3.63) is 87.8 Å². The fourth-order valence-corrected chi connectivity index (χ4v) is 2.39. The summed E-state index contributed by atoms with van der Waals surface area (Å²) in [5, 5.41) is 6.69. The minimum absolute atomic E-state index is 0.00923. The summed E-state index contributed by atoms with van der Waals surface area (Å²) < 4.78 is 32.1. The third-order valence-corrected chi connectivity index (χ3v) is 3.77. The molecule has 3 aromatic rings. The number of amides is 1.